The minimum Gasteiger partial charge on any atom is -0.328 e. The maximum atomic E-state index is 13.7. The van der Waals surface area contributed by atoms with Gasteiger partial charge in [-0.15, -0.1) is 0 Å². The molecule has 5 nitrogen and oxygen atoms in total. The van der Waals surface area contributed by atoms with Crippen molar-refractivity contribution in [2.24, 2.45) is 0 Å². The van der Waals surface area contributed by atoms with Gasteiger partial charge in [0.1, 0.15) is 5.82 Å². The fourth-order valence-electron chi connectivity index (χ4n) is 4.29. The summed E-state index contributed by atoms with van der Waals surface area (Å²) in [5.41, 5.74) is 2.69. The number of hydrogen-bond acceptors (Lipinski definition) is 3. The van der Waals surface area contributed by atoms with Crippen molar-refractivity contribution in [2.45, 2.75) is 39.7 Å². The summed E-state index contributed by atoms with van der Waals surface area (Å²) in [5, 5.41) is 1.24. The molecule has 1 aromatic heterocycles. The van der Waals surface area contributed by atoms with Gasteiger partial charge in [-0.3, -0.25) is 14.2 Å². The Morgan fingerprint density at radius 3 is 2.37 bits per heavy atom. The monoisotopic (exact) mass is 507 g/mol. The molecule has 0 aliphatic heterocycles. The van der Waals surface area contributed by atoms with Gasteiger partial charge in [0.15, 0.2) is 0 Å². The van der Waals surface area contributed by atoms with Crippen LogP contribution in [-0.2, 0) is 0 Å². The van der Waals surface area contributed by atoms with E-state index in [1.807, 2.05) is 63.2 Å². The third-order valence-corrected chi connectivity index (χ3v) is 6.79. The highest BCUT2D eigenvalue weighted by Crippen LogP contribution is 2.29. The number of benzene rings is 3. The van der Waals surface area contributed by atoms with Gasteiger partial charge in [0.25, 0.3) is 11.5 Å². The lowest BCUT2D eigenvalue weighted by molar-refractivity contribution is 0.0659. The normalized spacial score (nSPS) is 12.0. The second-order valence-corrected chi connectivity index (χ2v) is 9.33. The Kier molecular flexibility index (Phi) is 7.58. The second-order valence-electron chi connectivity index (χ2n) is 8.51. The van der Waals surface area contributed by atoms with Crippen molar-refractivity contribution in [3.8, 4) is 5.69 Å². The highest BCUT2D eigenvalue weighted by atomic mass is 35.5. The largest absolute Gasteiger partial charge is 0.328 e. The summed E-state index contributed by atoms with van der Waals surface area (Å²) in [6, 6.07) is 19.5. The zero-order valence-corrected chi connectivity index (χ0v) is 21.5. The number of para-hydroxylation sites is 1. The summed E-state index contributed by atoms with van der Waals surface area (Å²) >= 11 is 12.3. The molecule has 0 saturated carbocycles. The van der Waals surface area contributed by atoms with E-state index in [-0.39, 0.29) is 11.5 Å². The van der Waals surface area contributed by atoms with Gasteiger partial charge in [-0.05, 0) is 62.2 Å². The fourth-order valence-corrected chi connectivity index (χ4v) is 4.59. The SMILES string of the molecule is CCCN(C(=O)c1ccc(Cl)c(Cl)c1)C(CC)c1nc2ccccc2c(=O)n1-c1ccc(C)cc1. The highest BCUT2D eigenvalue weighted by molar-refractivity contribution is 6.42. The minimum atomic E-state index is -0.435. The van der Waals surface area contributed by atoms with Crippen LogP contribution in [0, 0.1) is 6.92 Å². The minimum absolute atomic E-state index is 0.161. The third-order valence-electron chi connectivity index (χ3n) is 6.05. The van der Waals surface area contributed by atoms with Crippen LogP contribution in [0.15, 0.2) is 71.5 Å². The van der Waals surface area contributed by atoms with Gasteiger partial charge in [0, 0.05) is 12.1 Å². The summed E-state index contributed by atoms with van der Waals surface area (Å²) in [4.78, 5) is 34.2. The number of carbonyl (C=O) groups is 1. The van der Waals surface area contributed by atoms with Crippen LogP contribution < -0.4 is 5.56 Å². The van der Waals surface area contributed by atoms with Crippen molar-refractivity contribution in [1.29, 1.82) is 0 Å². The zero-order chi connectivity index (χ0) is 25.1. The third kappa shape index (κ3) is 4.97. The standard InChI is InChI=1S/C28H27Cl2N3O2/c1-4-16-32(27(34)19-12-15-22(29)23(30)17-19)25(5-2)26-31-24-9-7-6-8-21(24)28(35)33(26)20-13-10-18(3)11-14-20/h6-15,17,25H,4-5,16H2,1-3H3. The molecule has 4 rings (SSSR count). The lowest BCUT2D eigenvalue weighted by Gasteiger charge is -2.32. The van der Waals surface area contributed by atoms with E-state index in [4.69, 9.17) is 28.2 Å². The Balaban J connectivity index is 1.93. The van der Waals surface area contributed by atoms with E-state index >= 15 is 0 Å². The van der Waals surface area contributed by atoms with E-state index in [1.54, 1.807) is 33.7 Å². The van der Waals surface area contributed by atoms with Crippen molar-refractivity contribution in [1.82, 2.24) is 14.5 Å². The Morgan fingerprint density at radius 1 is 1.00 bits per heavy atom. The molecular weight excluding hydrogens is 481 g/mol. The number of rotatable bonds is 7. The van der Waals surface area contributed by atoms with Crippen LogP contribution in [-0.4, -0.2) is 26.9 Å². The molecule has 0 saturated heterocycles. The van der Waals surface area contributed by atoms with Gasteiger partial charge < -0.3 is 4.90 Å². The van der Waals surface area contributed by atoms with E-state index in [9.17, 15) is 9.59 Å². The molecule has 0 aliphatic rings. The maximum Gasteiger partial charge on any atom is 0.266 e. The highest BCUT2D eigenvalue weighted by Gasteiger charge is 2.29. The van der Waals surface area contributed by atoms with Gasteiger partial charge in [0.05, 0.1) is 32.7 Å². The summed E-state index contributed by atoms with van der Waals surface area (Å²) in [5.74, 6) is 0.344. The average molecular weight is 508 g/mol. The van der Waals surface area contributed by atoms with Crippen LogP contribution in [0.3, 0.4) is 0 Å². The molecule has 4 aromatic rings. The molecule has 0 radical (unpaired) electrons. The van der Waals surface area contributed by atoms with Gasteiger partial charge in [0.2, 0.25) is 0 Å². The van der Waals surface area contributed by atoms with Crippen LogP contribution in [0.4, 0.5) is 0 Å². The summed E-state index contributed by atoms with van der Waals surface area (Å²) in [6.45, 7) is 6.51. The van der Waals surface area contributed by atoms with Crippen molar-refractivity contribution < 1.29 is 4.79 Å². The van der Waals surface area contributed by atoms with Crippen LogP contribution in [0.2, 0.25) is 10.0 Å². The van der Waals surface area contributed by atoms with Crippen molar-refractivity contribution >= 4 is 40.0 Å². The van der Waals surface area contributed by atoms with Gasteiger partial charge in [-0.25, -0.2) is 4.98 Å². The summed E-state index contributed by atoms with van der Waals surface area (Å²) in [6.07, 6.45) is 1.32. The molecule has 1 amide bonds. The molecule has 180 valence electrons. The molecule has 1 heterocycles. The number of amides is 1. The lowest BCUT2D eigenvalue weighted by Crippen LogP contribution is -2.39. The van der Waals surface area contributed by atoms with Gasteiger partial charge in [-0.2, -0.15) is 0 Å². The molecular formula is C28H27Cl2N3O2. The number of carbonyl (C=O) groups excluding carboxylic acids is 1. The number of fused-ring (bicyclic) bond motifs is 1. The Morgan fingerprint density at radius 2 is 1.71 bits per heavy atom. The fraction of sp³-hybridized carbons (Fsp3) is 0.250. The number of nitrogens with zero attached hydrogens (tertiary/aromatic N) is 3. The Labute approximate surface area is 214 Å². The van der Waals surface area contributed by atoms with Crippen LogP contribution in [0.5, 0.6) is 0 Å². The molecule has 0 spiro atoms. The predicted molar refractivity (Wildman–Crippen MR) is 143 cm³/mol. The molecule has 7 heteroatoms. The molecule has 0 aliphatic carbocycles. The predicted octanol–water partition coefficient (Wildman–Crippen LogP) is 7.00. The first-order valence-corrected chi connectivity index (χ1v) is 12.5. The van der Waals surface area contributed by atoms with E-state index in [2.05, 4.69) is 0 Å². The number of aryl methyl sites for hydroxylation is 1. The van der Waals surface area contributed by atoms with Gasteiger partial charge in [-0.1, -0.05) is 66.9 Å². The number of hydrogen-bond donors (Lipinski definition) is 0. The van der Waals surface area contributed by atoms with E-state index < -0.39 is 6.04 Å². The molecule has 3 aromatic carbocycles. The van der Waals surface area contributed by atoms with Crippen molar-refractivity contribution in [2.75, 3.05) is 6.54 Å². The second kappa shape index (κ2) is 10.6. The van der Waals surface area contributed by atoms with Gasteiger partial charge >= 0.3 is 0 Å². The van der Waals surface area contributed by atoms with Crippen LogP contribution in [0.1, 0.15) is 54.5 Å². The quantitative estimate of drug-likeness (QED) is 0.270. The molecule has 0 bridgehead atoms. The maximum absolute atomic E-state index is 13.7. The summed E-state index contributed by atoms with van der Waals surface area (Å²) < 4.78 is 1.64. The number of halogens is 2. The van der Waals surface area contributed by atoms with Crippen molar-refractivity contribution in [3.63, 3.8) is 0 Å². The number of aromatic nitrogens is 2. The molecule has 35 heavy (non-hydrogen) atoms. The molecule has 1 atom stereocenters. The first-order valence-electron chi connectivity index (χ1n) is 11.7. The average Bonchev–Trinajstić information content (AvgIpc) is 2.86. The molecule has 0 N–H and O–H groups in total. The Hall–Kier alpha value is -3.15. The zero-order valence-electron chi connectivity index (χ0n) is 20.0. The van der Waals surface area contributed by atoms with Crippen LogP contribution in [0.25, 0.3) is 16.6 Å². The van der Waals surface area contributed by atoms with Crippen LogP contribution >= 0.6 is 23.2 Å². The Bertz CT molecular complexity index is 1430. The van der Waals surface area contributed by atoms with E-state index in [0.717, 1.165) is 12.0 Å². The molecule has 1 unspecified atom stereocenters. The van der Waals surface area contributed by atoms with Crippen molar-refractivity contribution in [3.05, 3.63) is 104 Å². The van der Waals surface area contributed by atoms with E-state index in [0.29, 0.717) is 51.0 Å². The smallest absolute Gasteiger partial charge is 0.266 e. The van der Waals surface area contributed by atoms with E-state index in [1.165, 1.54) is 0 Å². The topological polar surface area (TPSA) is 55.2 Å². The molecule has 0 fully saturated rings. The lowest BCUT2D eigenvalue weighted by atomic mass is 10.1. The summed E-state index contributed by atoms with van der Waals surface area (Å²) in [7, 11) is 0. The first kappa shape index (κ1) is 25.0. The first-order chi connectivity index (χ1) is 16.8.